The van der Waals surface area contributed by atoms with Crippen molar-refractivity contribution in [3.63, 3.8) is 0 Å². The first-order valence-electron chi connectivity index (χ1n) is 10.9. The lowest BCUT2D eigenvalue weighted by Crippen LogP contribution is -1.99. The van der Waals surface area contributed by atoms with Gasteiger partial charge < -0.3 is 9.15 Å². The molecule has 0 spiro atoms. The third-order valence-corrected chi connectivity index (χ3v) is 5.30. The number of aromatic nitrogens is 4. The largest absolute Gasteiger partial charge is 0.487 e. The molecule has 4 rings (SSSR count). The molecule has 164 valence electrons. The van der Waals surface area contributed by atoms with Gasteiger partial charge in [0.2, 0.25) is 5.89 Å². The smallest absolute Gasteiger partial charge is 0.219 e. The van der Waals surface area contributed by atoms with E-state index in [0.29, 0.717) is 12.5 Å². The van der Waals surface area contributed by atoms with Gasteiger partial charge in [-0.2, -0.15) is 0 Å². The Bertz CT molecular complexity index is 1130. The van der Waals surface area contributed by atoms with Gasteiger partial charge in [0.15, 0.2) is 0 Å². The minimum atomic E-state index is 0.373. The van der Waals surface area contributed by atoms with Gasteiger partial charge >= 0.3 is 0 Å². The summed E-state index contributed by atoms with van der Waals surface area (Å²) in [7, 11) is 0. The number of hydrogen-bond donors (Lipinski definition) is 0. The van der Waals surface area contributed by atoms with Gasteiger partial charge in [-0.25, -0.2) is 4.98 Å². The molecule has 2 aromatic carbocycles. The molecule has 2 aromatic heterocycles. The Hall–Kier alpha value is -3.67. The number of allylic oxidation sites excluding steroid dienone is 1. The van der Waals surface area contributed by atoms with Crippen molar-refractivity contribution in [1.29, 1.82) is 0 Å². The van der Waals surface area contributed by atoms with Crippen LogP contribution < -0.4 is 4.74 Å². The quantitative estimate of drug-likeness (QED) is 0.302. The highest BCUT2D eigenvalue weighted by Gasteiger charge is 2.05. The zero-order chi connectivity index (χ0) is 22.2. The molecule has 0 unspecified atom stereocenters. The summed E-state index contributed by atoms with van der Waals surface area (Å²) < 4.78 is 13.3. The maximum absolute atomic E-state index is 5.88. The number of unbranched alkanes of at least 4 members (excludes halogenated alkanes) is 1. The summed E-state index contributed by atoms with van der Waals surface area (Å²) in [5, 5.41) is 7.81. The summed E-state index contributed by atoms with van der Waals surface area (Å²) in [6, 6.07) is 16.7. The highest BCUT2D eigenvalue weighted by atomic mass is 16.5. The first kappa shape index (κ1) is 21.6. The normalized spacial score (nSPS) is 11.6. The number of nitrogens with zero attached hydrogens (tertiary/aromatic N) is 4. The van der Waals surface area contributed by atoms with E-state index < -0.39 is 0 Å². The van der Waals surface area contributed by atoms with Crippen LogP contribution in [-0.4, -0.2) is 20.0 Å². The molecule has 0 saturated carbocycles. The van der Waals surface area contributed by atoms with E-state index in [4.69, 9.17) is 9.15 Å². The van der Waals surface area contributed by atoms with Crippen LogP contribution in [0.5, 0.6) is 5.75 Å². The molecule has 0 N–H and O–H groups in total. The number of benzene rings is 2. The monoisotopic (exact) mass is 428 g/mol. The summed E-state index contributed by atoms with van der Waals surface area (Å²) >= 11 is 0. The van der Waals surface area contributed by atoms with Gasteiger partial charge in [-0.05, 0) is 61.9 Å². The molecule has 2 heterocycles. The van der Waals surface area contributed by atoms with Crippen molar-refractivity contribution in [2.24, 2.45) is 0 Å². The van der Waals surface area contributed by atoms with Crippen molar-refractivity contribution >= 4 is 11.6 Å². The molecule has 6 nitrogen and oxygen atoms in total. The molecule has 0 aliphatic heterocycles. The summed E-state index contributed by atoms with van der Waals surface area (Å²) in [4.78, 5) is 4.52. The average Bonchev–Trinajstić information content (AvgIpc) is 3.49. The molecule has 0 amide bonds. The summed E-state index contributed by atoms with van der Waals surface area (Å²) in [6.07, 6.45) is 10.4. The van der Waals surface area contributed by atoms with Crippen LogP contribution in [0, 0.1) is 6.92 Å². The van der Waals surface area contributed by atoms with Gasteiger partial charge in [-0.3, -0.25) is 4.68 Å². The van der Waals surface area contributed by atoms with Crippen molar-refractivity contribution in [3.8, 4) is 5.75 Å². The van der Waals surface area contributed by atoms with E-state index in [9.17, 15) is 0 Å². The molecule has 32 heavy (non-hydrogen) atoms. The minimum absolute atomic E-state index is 0.373. The van der Waals surface area contributed by atoms with Crippen LogP contribution >= 0.6 is 0 Å². The van der Waals surface area contributed by atoms with Crippen molar-refractivity contribution < 1.29 is 9.15 Å². The molecule has 0 bridgehead atoms. The molecule has 0 fully saturated rings. The van der Waals surface area contributed by atoms with Crippen LogP contribution in [-0.2, 0) is 19.6 Å². The average molecular weight is 429 g/mol. The maximum atomic E-state index is 5.88. The first-order chi connectivity index (χ1) is 15.7. The Kier molecular flexibility index (Phi) is 7.12. The molecule has 0 aliphatic rings. The van der Waals surface area contributed by atoms with Gasteiger partial charge in [0.1, 0.15) is 24.3 Å². The van der Waals surface area contributed by atoms with E-state index in [2.05, 4.69) is 65.5 Å². The molecule has 0 radical (unpaired) electrons. The van der Waals surface area contributed by atoms with E-state index in [1.807, 2.05) is 29.1 Å². The second kappa shape index (κ2) is 10.6. The topological polar surface area (TPSA) is 66.0 Å². The molecule has 0 atom stereocenters. The van der Waals surface area contributed by atoms with E-state index in [0.717, 1.165) is 48.4 Å². The third-order valence-electron chi connectivity index (χ3n) is 5.30. The Labute approximate surface area is 188 Å². The lowest BCUT2D eigenvalue weighted by Gasteiger charge is -2.06. The van der Waals surface area contributed by atoms with Crippen molar-refractivity contribution in [2.45, 2.75) is 46.3 Å². The van der Waals surface area contributed by atoms with Crippen LogP contribution in [0.15, 0.2) is 71.6 Å². The first-order valence-corrected chi connectivity index (χ1v) is 10.9. The molecule has 6 heteroatoms. The molecule has 4 aromatic rings. The van der Waals surface area contributed by atoms with Crippen LogP contribution in [0.3, 0.4) is 0 Å². The highest BCUT2D eigenvalue weighted by Crippen LogP contribution is 2.19. The molecule has 0 saturated heterocycles. The van der Waals surface area contributed by atoms with Gasteiger partial charge in [0.05, 0.1) is 6.20 Å². The predicted molar refractivity (Wildman–Crippen MR) is 125 cm³/mol. The fourth-order valence-corrected chi connectivity index (χ4v) is 3.40. The number of aryl methyl sites for hydroxylation is 3. The lowest BCUT2D eigenvalue weighted by molar-refractivity contribution is 0.301. The van der Waals surface area contributed by atoms with E-state index in [1.54, 1.807) is 12.5 Å². The number of ether oxygens (including phenoxy) is 1. The Morgan fingerprint density at radius 1 is 1.06 bits per heavy atom. The summed E-state index contributed by atoms with van der Waals surface area (Å²) in [6.45, 7) is 5.42. The summed E-state index contributed by atoms with van der Waals surface area (Å²) in [5.41, 5.74) is 5.58. The Morgan fingerprint density at radius 3 is 2.62 bits per heavy atom. The zero-order valence-corrected chi connectivity index (χ0v) is 18.6. The van der Waals surface area contributed by atoms with E-state index in [-0.39, 0.29) is 0 Å². The number of oxazole rings is 1. The fraction of sp³-hybridized carbons (Fsp3) is 0.269. The lowest BCUT2D eigenvalue weighted by atomic mass is 10.1. The van der Waals surface area contributed by atoms with Crippen LogP contribution in [0.4, 0.5) is 0 Å². The zero-order valence-electron chi connectivity index (χ0n) is 18.6. The van der Waals surface area contributed by atoms with Crippen LogP contribution in [0.2, 0.25) is 0 Å². The van der Waals surface area contributed by atoms with Crippen LogP contribution in [0.1, 0.15) is 48.0 Å². The van der Waals surface area contributed by atoms with Gasteiger partial charge in [0.25, 0.3) is 0 Å². The summed E-state index contributed by atoms with van der Waals surface area (Å²) in [5.74, 6) is 1.41. The second-order valence-electron chi connectivity index (χ2n) is 7.93. The molecular formula is C26H28N4O2. The van der Waals surface area contributed by atoms with Gasteiger partial charge in [-0.1, -0.05) is 47.2 Å². The number of rotatable bonds is 10. The fourth-order valence-electron chi connectivity index (χ4n) is 3.40. The number of hydrogen-bond acceptors (Lipinski definition) is 5. The standard InChI is InChI=1S/C26H28N4O2/c1-20-6-10-23(11-7-20)21(2)17-26-28-24(19-32-26)18-31-25-12-8-22(9-13-25)5-3-4-15-30-16-14-27-29-30/h6-14,16-17,19H,3-5,15,18H2,1-2H3/b21-17+. The Morgan fingerprint density at radius 2 is 1.88 bits per heavy atom. The van der Waals surface area contributed by atoms with Gasteiger partial charge in [0, 0.05) is 18.8 Å². The van der Waals surface area contributed by atoms with Gasteiger partial charge in [-0.15, -0.1) is 5.10 Å². The van der Waals surface area contributed by atoms with E-state index >= 15 is 0 Å². The van der Waals surface area contributed by atoms with Crippen molar-refractivity contribution in [3.05, 3.63) is 95.5 Å². The van der Waals surface area contributed by atoms with Crippen molar-refractivity contribution in [2.75, 3.05) is 0 Å². The second-order valence-corrected chi connectivity index (χ2v) is 7.93. The van der Waals surface area contributed by atoms with Crippen LogP contribution in [0.25, 0.3) is 11.6 Å². The Balaban J connectivity index is 1.23. The highest BCUT2D eigenvalue weighted by molar-refractivity contribution is 5.77. The van der Waals surface area contributed by atoms with E-state index in [1.165, 1.54) is 11.1 Å². The minimum Gasteiger partial charge on any atom is -0.487 e. The third kappa shape index (κ3) is 6.17. The molecular weight excluding hydrogens is 400 g/mol. The van der Waals surface area contributed by atoms with Crippen molar-refractivity contribution in [1.82, 2.24) is 20.0 Å². The maximum Gasteiger partial charge on any atom is 0.219 e. The predicted octanol–water partition coefficient (Wildman–Crippen LogP) is 5.74. The molecule has 0 aliphatic carbocycles. The SMILES string of the molecule is C/C(=C\c1nc(COc2ccc(CCCCn3ccnn3)cc2)co1)c1ccc(C)cc1.